The van der Waals surface area contributed by atoms with Crippen LogP contribution in [0.5, 0.6) is 5.75 Å². The van der Waals surface area contributed by atoms with Crippen molar-refractivity contribution < 1.29 is 28.0 Å². The molecule has 8 nitrogen and oxygen atoms in total. The van der Waals surface area contributed by atoms with Gasteiger partial charge in [-0.15, -0.1) is 10.2 Å². The number of carboxylic acid groups (broad SMARTS) is 1. The number of carboxylic acids is 1. The Bertz CT molecular complexity index is 1250. The highest BCUT2D eigenvalue weighted by Crippen LogP contribution is 2.40. The molecule has 0 aliphatic carbocycles. The van der Waals surface area contributed by atoms with Gasteiger partial charge in [-0.2, -0.15) is 8.42 Å². The van der Waals surface area contributed by atoms with Crippen LogP contribution in [0.2, 0.25) is 0 Å². The molecule has 0 atom stereocenters. The van der Waals surface area contributed by atoms with Gasteiger partial charge in [-0.3, -0.25) is 4.55 Å². The number of nitrogens with zero attached hydrogens (tertiary/aromatic N) is 2. The third kappa shape index (κ3) is 3.57. The number of benzene rings is 3. The van der Waals surface area contributed by atoms with E-state index >= 15 is 0 Å². The van der Waals surface area contributed by atoms with Gasteiger partial charge >= 0.3 is 5.97 Å². The summed E-state index contributed by atoms with van der Waals surface area (Å²) < 4.78 is 32.8. The van der Waals surface area contributed by atoms with Crippen LogP contribution in [-0.4, -0.2) is 29.2 Å². The Hall–Kier alpha value is -3.30. The molecule has 0 saturated heterocycles. The second-order valence-corrected chi connectivity index (χ2v) is 7.62. The van der Waals surface area contributed by atoms with E-state index < -0.39 is 26.7 Å². The number of aryl methyl sites for hydroxylation is 2. The van der Waals surface area contributed by atoms with E-state index in [2.05, 4.69) is 10.2 Å². The van der Waals surface area contributed by atoms with Crippen molar-refractivity contribution in [1.82, 2.24) is 0 Å². The highest BCUT2D eigenvalue weighted by molar-refractivity contribution is 7.86. The van der Waals surface area contributed by atoms with Crippen LogP contribution in [-0.2, 0) is 10.1 Å². The average molecular weight is 400 g/mol. The lowest BCUT2D eigenvalue weighted by Gasteiger charge is -2.09. The molecule has 144 valence electrons. The van der Waals surface area contributed by atoms with Crippen molar-refractivity contribution in [2.75, 3.05) is 0 Å². The number of carbonyl (C=O) groups is 1. The van der Waals surface area contributed by atoms with E-state index in [1.54, 1.807) is 38.1 Å². The third-order valence-electron chi connectivity index (χ3n) is 4.34. The fraction of sp³-hybridized carbons (Fsp3) is 0.105. The molecule has 0 radical (unpaired) electrons. The van der Waals surface area contributed by atoms with Crippen molar-refractivity contribution in [2.45, 2.75) is 18.7 Å². The van der Waals surface area contributed by atoms with Gasteiger partial charge in [-0.25, -0.2) is 4.79 Å². The number of hydrogen-bond acceptors (Lipinski definition) is 6. The van der Waals surface area contributed by atoms with Gasteiger partial charge in [-0.05, 0) is 48.6 Å². The Labute approximate surface area is 160 Å². The molecule has 0 bridgehead atoms. The maximum absolute atomic E-state index is 11.7. The summed E-state index contributed by atoms with van der Waals surface area (Å²) in [6.07, 6.45) is 0. The molecule has 9 heteroatoms. The largest absolute Gasteiger partial charge is 0.505 e. The van der Waals surface area contributed by atoms with Crippen molar-refractivity contribution in [3.8, 4) is 5.75 Å². The Kier molecular flexibility index (Phi) is 4.88. The molecule has 0 aromatic heterocycles. The van der Waals surface area contributed by atoms with Gasteiger partial charge in [-0.1, -0.05) is 24.3 Å². The number of hydrogen-bond donors (Lipinski definition) is 3. The van der Waals surface area contributed by atoms with Crippen LogP contribution < -0.4 is 0 Å². The molecular formula is C19H16N2O6S. The summed E-state index contributed by atoms with van der Waals surface area (Å²) in [5, 5.41) is 28.4. The summed E-state index contributed by atoms with van der Waals surface area (Å²) in [6.45, 7) is 3.42. The molecule has 28 heavy (non-hydrogen) atoms. The van der Waals surface area contributed by atoms with Crippen LogP contribution in [0.4, 0.5) is 11.4 Å². The van der Waals surface area contributed by atoms with Crippen molar-refractivity contribution >= 4 is 38.2 Å². The smallest absolute Gasteiger partial charge is 0.339 e. The Morgan fingerprint density at radius 3 is 2.29 bits per heavy atom. The predicted molar refractivity (Wildman–Crippen MR) is 102 cm³/mol. The maximum atomic E-state index is 11.7. The van der Waals surface area contributed by atoms with Crippen LogP contribution in [0.1, 0.15) is 21.5 Å². The number of phenols is 1. The monoisotopic (exact) mass is 400 g/mol. The van der Waals surface area contributed by atoms with Gasteiger partial charge in [0, 0.05) is 5.39 Å². The van der Waals surface area contributed by atoms with E-state index in [0.29, 0.717) is 16.3 Å². The summed E-state index contributed by atoms with van der Waals surface area (Å²) in [5.74, 6) is -1.93. The van der Waals surface area contributed by atoms with E-state index in [1.165, 1.54) is 18.2 Å². The zero-order valence-electron chi connectivity index (χ0n) is 14.9. The van der Waals surface area contributed by atoms with E-state index in [1.807, 2.05) is 0 Å². The molecule has 0 aliphatic heterocycles. The van der Waals surface area contributed by atoms with Gasteiger partial charge in [0.05, 0.1) is 0 Å². The second-order valence-electron chi connectivity index (χ2n) is 6.23. The first-order valence-corrected chi connectivity index (χ1v) is 9.52. The molecule has 0 heterocycles. The Morgan fingerprint density at radius 1 is 1.00 bits per heavy atom. The molecule has 0 spiro atoms. The molecule has 3 N–H and O–H groups in total. The summed E-state index contributed by atoms with van der Waals surface area (Å²) in [6, 6.07) is 10.7. The molecule has 3 aromatic carbocycles. The number of azo groups is 1. The third-order valence-corrected chi connectivity index (χ3v) is 5.22. The van der Waals surface area contributed by atoms with Gasteiger partial charge in [0.2, 0.25) is 0 Å². The summed E-state index contributed by atoms with van der Waals surface area (Å²) in [4.78, 5) is 11.0. The summed E-state index contributed by atoms with van der Waals surface area (Å²) in [5.41, 5.74) is 0.745. The highest BCUT2D eigenvalue weighted by Gasteiger charge is 2.19. The number of fused-ring (bicyclic) bond motifs is 1. The molecule has 0 saturated carbocycles. The fourth-order valence-corrected chi connectivity index (χ4v) is 3.43. The van der Waals surface area contributed by atoms with Crippen LogP contribution in [0.3, 0.4) is 0 Å². The van der Waals surface area contributed by atoms with Gasteiger partial charge in [0.1, 0.15) is 21.8 Å². The average Bonchev–Trinajstić information content (AvgIpc) is 2.61. The highest BCUT2D eigenvalue weighted by atomic mass is 32.2. The second kappa shape index (κ2) is 7.02. The lowest BCUT2D eigenvalue weighted by atomic mass is 10.0. The lowest BCUT2D eigenvalue weighted by molar-refractivity contribution is 0.0694. The Morgan fingerprint density at radius 2 is 1.64 bits per heavy atom. The first-order chi connectivity index (χ1) is 13.1. The molecule has 0 fully saturated rings. The molecule has 0 unspecified atom stereocenters. The van der Waals surface area contributed by atoms with E-state index in [-0.39, 0.29) is 16.9 Å². The van der Waals surface area contributed by atoms with Crippen LogP contribution in [0.15, 0.2) is 57.6 Å². The predicted octanol–water partition coefficient (Wildman–Crippen LogP) is 4.52. The minimum absolute atomic E-state index is 0.116. The molecule has 3 aromatic rings. The lowest BCUT2D eigenvalue weighted by Crippen LogP contribution is -2.00. The maximum Gasteiger partial charge on any atom is 0.339 e. The van der Waals surface area contributed by atoms with Gasteiger partial charge < -0.3 is 10.2 Å². The quantitative estimate of drug-likeness (QED) is 0.435. The normalized spacial score (nSPS) is 12.0. The van der Waals surface area contributed by atoms with Crippen LogP contribution >= 0.6 is 0 Å². The molecule has 0 aliphatic rings. The fourth-order valence-electron chi connectivity index (χ4n) is 2.74. The minimum atomic E-state index is -4.56. The minimum Gasteiger partial charge on any atom is -0.505 e. The van der Waals surface area contributed by atoms with Gasteiger partial charge in [0.15, 0.2) is 5.75 Å². The van der Waals surface area contributed by atoms with E-state index in [0.717, 1.165) is 5.56 Å². The van der Waals surface area contributed by atoms with Crippen LogP contribution in [0, 0.1) is 13.8 Å². The van der Waals surface area contributed by atoms with E-state index in [4.69, 9.17) is 0 Å². The molecular weight excluding hydrogens is 384 g/mol. The topological polar surface area (TPSA) is 137 Å². The van der Waals surface area contributed by atoms with Gasteiger partial charge in [0.25, 0.3) is 10.1 Å². The Balaban J connectivity index is 2.27. The van der Waals surface area contributed by atoms with Crippen molar-refractivity contribution in [3.05, 3.63) is 59.2 Å². The number of aromatic carboxylic acids is 1. The van der Waals surface area contributed by atoms with E-state index in [9.17, 15) is 28.0 Å². The van der Waals surface area contributed by atoms with Crippen molar-refractivity contribution in [3.63, 3.8) is 0 Å². The first kappa shape index (κ1) is 19.5. The standard InChI is InChI=1S/C19H16N2O6S/c1-10-7-15(16(8-11(10)2)28(25,26)27)20-21-17-13-6-4-3-5-12(13)9-14(18(17)22)19(23)24/h3-9,22H,1-2H3,(H,23,24)(H,25,26,27). The SMILES string of the molecule is Cc1cc(N=Nc2c(O)c(C(=O)O)cc3ccccc23)c(S(=O)(=O)O)cc1C. The zero-order valence-corrected chi connectivity index (χ0v) is 15.7. The molecule has 0 amide bonds. The number of rotatable bonds is 4. The first-order valence-electron chi connectivity index (χ1n) is 8.08. The summed E-state index contributed by atoms with van der Waals surface area (Å²) in [7, 11) is -4.56. The zero-order chi connectivity index (χ0) is 20.6. The molecule has 3 rings (SSSR count). The number of aromatic hydroxyl groups is 1. The van der Waals surface area contributed by atoms with Crippen LogP contribution in [0.25, 0.3) is 10.8 Å². The summed E-state index contributed by atoms with van der Waals surface area (Å²) >= 11 is 0. The van der Waals surface area contributed by atoms with Crippen molar-refractivity contribution in [2.24, 2.45) is 10.2 Å². The van der Waals surface area contributed by atoms with Crippen molar-refractivity contribution in [1.29, 1.82) is 0 Å².